The Bertz CT molecular complexity index is 277. The van der Waals surface area contributed by atoms with Crippen molar-refractivity contribution in [1.82, 2.24) is 0 Å². The Labute approximate surface area is 85.4 Å². The van der Waals surface area contributed by atoms with Gasteiger partial charge in [-0.25, -0.2) is 0 Å². The summed E-state index contributed by atoms with van der Waals surface area (Å²) in [6.45, 7) is 5.72. The molecule has 1 rings (SSSR count). The van der Waals surface area contributed by atoms with E-state index in [2.05, 4.69) is 34.3 Å². The number of aliphatic imine (C=N–C) groups is 2. The van der Waals surface area contributed by atoms with Crippen molar-refractivity contribution in [3.05, 3.63) is 35.4 Å². The Hall–Kier alpha value is -1.44. The molecule has 2 nitrogen and oxygen atoms in total. The van der Waals surface area contributed by atoms with Crippen LogP contribution in [0.15, 0.2) is 34.3 Å². The average Bonchev–Trinajstić information content (AvgIpc) is 2.25. The van der Waals surface area contributed by atoms with Gasteiger partial charge in [-0.3, -0.25) is 9.98 Å². The van der Waals surface area contributed by atoms with Crippen molar-refractivity contribution < 1.29 is 0 Å². The van der Waals surface area contributed by atoms with Gasteiger partial charge in [0.15, 0.2) is 0 Å². The van der Waals surface area contributed by atoms with Crippen molar-refractivity contribution in [1.29, 1.82) is 0 Å². The summed E-state index contributed by atoms with van der Waals surface area (Å²) in [6, 6.07) is 8.21. The first kappa shape index (κ1) is 10.6. The number of nitrogens with zero attached hydrogens (tertiary/aromatic N) is 2. The molecule has 0 amide bonds. The number of hydrogen-bond donors (Lipinski definition) is 0. The molecule has 0 aliphatic carbocycles. The van der Waals surface area contributed by atoms with Crippen LogP contribution in [0.1, 0.15) is 25.0 Å². The van der Waals surface area contributed by atoms with Gasteiger partial charge in [0.05, 0.1) is 0 Å². The molecule has 0 aromatic heterocycles. The maximum Gasteiger partial charge on any atom is 0.0361 e. The molecule has 0 saturated heterocycles. The van der Waals surface area contributed by atoms with Crippen molar-refractivity contribution >= 4 is 12.4 Å². The van der Waals surface area contributed by atoms with E-state index in [1.165, 1.54) is 0 Å². The van der Waals surface area contributed by atoms with Crippen molar-refractivity contribution in [3.8, 4) is 0 Å². The normalized spacial score (nSPS) is 11.6. The predicted molar refractivity (Wildman–Crippen MR) is 62.7 cm³/mol. The molecule has 0 heterocycles. The monoisotopic (exact) mass is 188 g/mol. The van der Waals surface area contributed by atoms with Crippen LogP contribution >= 0.6 is 0 Å². The van der Waals surface area contributed by atoms with Crippen LogP contribution in [0.5, 0.6) is 0 Å². The summed E-state index contributed by atoms with van der Waals surface area (Å²) in [5.41, 5.74) is 2.28. The van der Waals surface area contributed by atoms with Gasteiger partial charge in [0.25, 0.3) is 0 Å². The Balaban J connectivity index is 2.68. The van der Waals surface area contributed by atoms with Gasteiger partial charge in [-0.1, -0.05) is 24.3 Å². The minimum Gasteiger partial charge on any atom is -0.293 e. The van der Waals surface area contributed by atoms with Crippen LogP contribution in [0.2, 0.25) is 0 Å². The second kappa shape index (κ2) is 6.08. The van der Waals surface area contributed by atoms with Crippen LogP contribution in [0, 0.1) is 0 Å². The lowest BCUT2D eigenvalue weighted by atomic mass is 10.1. The van der Waals surface area contributed by atoms with E-state index in [-0.39, 0.29) is 0 Å². The summed E-state index contributed by atoms with van der Waals surface area (Å²) in [6.07, 6.45) is 3.78. The van der Waals surface area contributed by atoms with E-state index in [1.54, 1.807) is 0 Å². The fourth-order valence-electron chi connectivity index (χ4n) is 1.06. The first-order valence-corrected chi connectivity index (χ1v) is 4.96. The molecule has 2 heteroatoms. The minimum absolute atomic E-state index is 0.832. The summed E-state index contributed by atoms with van der Waals surface area (Å²) < 4.78 is 0. The van der Waals surface area contributed by atoms with Gasteiger partial charge in [-0.15, -0.1) is 0 Å². The van der Waals surface area contributed by atoms with Gasteiger partial charge < -0.3 is 0 Å². The molecule has 1 aromatic carbocycles. The Morgan fingerprint density at radius 2 is 1.21 bits per heavy atom. The second-order valence-corrected chi connectivity index (χ2v) is 2.92. The molecule has 0 aliphatic rings. The van der Waals surface area contributed by atoms with E-state index >= 15 is 0 Å². The summed E-state index contributed by atoms with van der Waals surface area (Å²) in [4.78, 5) is 8.35. The molecular weight excluding hydrogens is 172 g/mol. The number of benzene rings is 1. The first-order valence-electron chi connectivity index (χ1n) is 4.96. The fourth-order valence-corrected chi connectivity index (χ4v) is 1.06. The Kier molecular flexibility index (Phi) is 4.62. The molecule has 0 N–H and O–H groups in total. The maximum atomic E-state index is 4.18. The maximum absolute atomic E-state index is 4.18. The zero-order valence-electron chi connectivity index (χ0n) is 8.77. The van der Waals surface area contributed by atoms with E-state index in [9.17, 15) is 0 Å². The van der Waals surface area contributed by atoms with E-state index in [4.69, 9.17) is 0 Å². The van der Waals surface area contributed by atoms with Gasteiger partial charge in [-0.2, -0.15) is 0 Å². The average molecular weight is 188 g/mol. The van der Waals surface area contributed by atoms with Crippen LogP contribution in [-0.4, -0.2) is 25.5 Å². The molecule has 0 saturated carbocycles. The standard InChI is InChI=1S/C12H16N2/c1-3-13-9-11-5-7-12(8-6-11)10-14-4-2/h5-10H,3-4H2,1-2H3. The quantitative estimate of drug-likeness (QED) is 0.649. The first-order chi connectivity index (χ1) is 6.86. The molecule has 0 atom stereocenters. The molecule has 74 valence electrons. The van der Waals surface area contributed by atoms with Crippen molar-refractivity contribution in [2.24, 2.45) is 9.98 Å². The molecule has 1 aromatic rings. The highest BCUT2D eigenvalue weighted by Gasteiger charge is 1.88. The van der Waals surface area contributed by atoms with Crippen LogP contribution in [0.3, 0.4) is 0 Å². The molecule has 0 spiro atoms. The van der Waals surface area contributed by atoms with Gasteiger partial charge in [-0.05, 0) is 25.0 Å². The van der Waals surface area contributed by atoms with Gasteiger partial charge in [0.1, 0.15) is 0 Å². The molecule has 0 fully saturated rings. The van der Waals surface area contributed by atoms with E-state index in [1.807, 2.05) is 26.3 Å². The van der Waals surface area contributed by atoms with Gasteiger partial charge in [0, 0.05) is 25.5 Å². The fraction of sp³-hybridized carbons (Fsp3) is 0.333. The lowest BCUT2D eigenvalue weighted by Gasteiger charge is -1.94. The van der Waals surface area contributed by atoms with E-state index in [0.717, 1.165) is 24.2 Å². The summed E-state index contributed by atoms with van der Waals surface area (Å²) in [5, 5.41) is 0. The number of hydrogen-bond acceptors (Lipinski definition) is 2. The zero-order chi connectivity index (χ0) is 10.2. The van der Waals surface area contributed by atoms with Crippen LogP contribution in [-0.2, 0) is 0 Å². The third kappa shape index (κ3) is 3.52. The third-order valence-electron chi connectivity index (χ3n) is 1.78. The molecular formula is C12H16N2. The summed E-state index contributed by atoms with van der Waals surface area (Å²) in [7, 11) is 0. The number of rotatable bonds is 4. The SMILES string of the molecule is CCN=Cc1ccc(C=NCC)cc1. The molecule has 0 aliphatic heterocycles. The van der Waals surface area contributed by atoms with E-state index in [0.29, 0.717) is 0 Å². The summed E-state index contributed by atoms with van der Waals surface area (Å²) in [5.74, 6) is 0. The molecule has 0 radical (unpaired) electrons. The van der Waals surface area contributed by atoms with Crippen molar-refractivity contribution in [3.63, 3.8) is 0 Å². The third-order valence-corrected chi connectivity index (χ3v) is 1.78. The summed E-state index contributed by atoms with van der Waals surface area (Å²) >= 11 is 0. The highest BCUT2D eigenvalue weighted by molar-refractivity contribution is 5.84. The van der Waals surface area contributed by atoms with Crippen LogP contribution in [0.4, 0.5) is 0 Å². The topological polar surface area (TPSA) is 24.7 Å². The largest absolute Gasteiger partial charge is 0.293 e. The van der Waals surface area contributed by atoms with Crippen molar-refractivity contribution in [2.75, 3.05) is 13.1 Å². The molecule has 0 bridgehead atoms. The molecule has 0 unspecified atom stereocenters. The minimum atomic E-state index is 0.832. The second-order valence-electron chi connectivity index (χ2n) is 2.92. The highest BCUT2D eigenvalue weighted by Crippen LogP contribution is 2.00. The molecule has 14 heavy (non-hydrogen) atoms. The highest BCUT2D eigenvalue weighted by atomic mass is 14.7. The lowest BCUT2D eigenvalue weighted by molar-refractivity contribution is 1.14. The van der Waals surface area contributed by atoms with Crippen LogP contribution in [0.25, 0.3) is 0 Å². The van der Waals surface area contributed by atoms with E-state index < -0.39 is 0 Å². The predicted octanol–water partition coefficient (Wildman–Crippen LogP) is 2.56. The Morgan fingerprint density at radius 1 is 0.857 bits per heavy atom. The van der Waals surface area contributed by atoms with Gasteiger partial charge in [0.2, 0.25) is 0 Å². The zero-order valence-corrected chi connectivity index (χ0v) is 8.77. The van der Waals surface area contributed by atoms with Gasteiger partial charge >= 0.3 is 0 Å². The van der Waals surface area contributed by atoms with Crippen LogP contribution < -0.4 is 0 Å². The Morgan fingerprint density at radius 3 is 1.50 bits per heavy atom. The van der Waals surface area contributed by atoms with Crippen molar-refractivity contribution in [2.45, 2.75) is 13.8 Å². The smallest absolute Gasteiger partial charge is 0.0361 e. The lowest BCUT2D eigenvalue weighted by Crippen LogP contribution is -1.85.